The Kier molecular flexibility index (Phi) is 3.97. The first kappa shape index (κ1) is 15.4. The van der Waals surface area contributed by atoms with E-state index in [4.69, 9.17) is 0 Å². The van der Waals surface area contributed by atoms with Gasteiger partial charge in [-0.3, -0.25) is 4.79 Å². The van der Waals surface area contributed by atoms with Crippen molar-refractivity contribution in [2.24, 2.45) is 0 Å². The molecule has 0 unspecified atom stereocenters. The standard InChI is InChI=1S/C15H18FN5O2/c1-9-3-4-11(7-13(9)16)10(2)17-14(22)8-20-15(23)21(19-18-20)12-5-6-12/h3-4,7,10,12H,5-6,8H2,1-2H3,(H,17,22)/t10-/m0/s1. The van der Waals surface area contributed by atoms with Crippen molar-refractivity contribution in [3.63, 3.8) is 0 Å². The van der Waals surface area contributed by atoms with Crippen LogP contribution in [0.1, 0.15) is 43.0 Å². The lowest BCUT2D eigenvalue weighted by molar-refractivity contribution is -0.122. The molecule has 0 radical (unpaired) electrons. The van der Waals surface area contributed by atoms with Crippen LogP contribution in [0.15, 0.2) is 23.0 Å². The van der Waals surface area contributed by atoms with Crippen molar-refractivity contribution in [3.8, 4) is 0 Å². The predicted octanol–water partition coefficient (Wildman–Crippen LogP) is 1.10. The smallest absolute Gasteiger partial charge is 0.348 e. The highest BCUT2D eigenvalue weighted by molar-refractivity contribution is 5.76. The average Bonchev–Trinajstić information content (AvgIpc) is 3.28. The highest BCUT2D eigenvalue weighted by atomic mass is 19.1. The van der Waals surface area contributed by atoms with Crippen molar-refractivity contribution in [1.82, 2.24) is 25.1 Å². The maximum atomic E-state index is 13.6. The number of nitrogens with zero attached hydrogens (tertiary/aromatic N) is 4. The zero-order valence-electron chi connectivity index (χ0n) is 13.0. The van der Waals surface area contributed by atoms with E-state index in [0.29, 0.717) is 11.1 Å². The fourth-order valence-corrected chi connectivity index (χ4v) is 2.32. The number of hydrogen-bond acceptors (Lipinski definition) is 4. The Labute approximate surface area is 132 Å². The third-order valence-corrected chi connectivity index (χ3v) is 3.92. The molecule has 1 aromatic carbocycles. The van der Waals surface area contributed by atoms with Gasteiger partial charge in [-0.05, 0) is 54.3 Å². The minimum absolute atomic E-state index is 0.119. The highest BCUT2D eigenvalue weighted by Crippen LogP contribution is 2.32. The Morgan fingerprint density at radius 2 is 2.17 bits per heavy atom. The summed E-state index contributed by atoms with van der Waals surface area (Å²) < 4.78 is 15.9. The Hall–Kier alpha value is -2.51. The minimum atomic E-state index is -0.378. The van der Waals surface area contributed by atoms with E-state index in [-0.39, 0.29) is 36.0 Å². The normalized spacial score (nSPS) is 15.4. The van der Waals surface area contributed by atoms with Gasteiger partial charge in [0.15, 0.2) is 0 Å². The molecule has 1 aliphatic carbocycles. The number of aromatic nitrogens is 4. The quantitative estimate of drug-likeness (QED) is 0.895. The molecule has 0 spiro atoms. The Morgan fingerprint density at radius 3 is 2.83 bits per heavy atom. The Bertz CT molecular complexity index is 793. The Morgan fingerprint density at radius 1 is 1.43 bits per heavy atom. The molecule has 1 N–H and O–H groups in total. The van der Waals surface area contributed by atoms with Gasteiger partial charge in [0, 0.05) is 0 Å². The molecule has 1 amide bonds. The number of halogens is 1. The van der Waals surface area contributed by atoms with Crippen LogP contribution in [0.4, 0.5) is 4.39 Å². The third kappa shape index (κ3) is 3.30. The van der Waals surface area contributed by atoms with Crippen molar-refractivity contribution in [2.45, 2.75) is 45.3 Å². The SMILES string of the molecule is Cc1ccc([C@H](C)NC(=O)Cn2nnn(C3CC3)c2=O)cc1F. The van der Waals surface area contributed by atoms with E-state index in [9.17, 15) is 14.0 Å². The molecule has 122 valence electrons. The van der Waals surface area contributed by atoms with Crippen LogP contribution < -0.4 is 11.0 Å². The largest absolute Gasteiger partial charge is 0.364 e. The molecule has 1 aliphatic rings. The maximum Gasteiger partial charge on any atom is 0.364 e. The summed E-state index contributed by atoms with van der Waals surface area (Å²) in [6, 6.07) is 4.58. The molecule has 1 aromatic heterocycles. The molecule has 0 bridgehead atoms. The van der Waals surface area contributed by atoms with Gasteiger partial charge < -0.3 is 5.32 Å². The van der Waals surface area contributed by atoms with Crippen LogP contribution in [0.5, 0.6) is 0 Å². The first-order valence-electron chi connectivity index (χ1n) is 7.53. The van der Waals surface area contributed by atoms with Gasteiger partial charge in [-0.1, -0.05) is 12.1 Å². The third-order valence-electron chi connectivity index (χ3n) is 3.92. The second-order valence-electron chi connectivity index (χ2n) is 5.89. The van der Waals surface area contributed by atoms with E-state index in [2.05, 4.69) is 15.7 Å². The number of carbonyl (C=O) groups excluding carboxylic acids is 1. The van der Waals surface area contributed by atoms with Crippen molar-refractivity contribution >= 4 is 5.91 Å². The van der Waals surface area contributed by atoms with Crippen LogP contribution >= 0.6 is 0 Å². The van der Waals surface area contributed by atoms with Crippen LogP contribution in [0.25, 0.3) is 0 Å². The summed E-state index contributed by atoms with van der Waals surface area (Å²) >= 11 is 0. The molecule has 0 saturated heterocycles. The number of rotatable bonds is 5. The van der Waals surface area contributed by atoms with Crippen LogP contribution in [0, 0.1) is 12.7 Å². The van der Waals surface area contributed by atoms with E-state index in [1.807, 2.05) is 0 Å². The van der Waals surface area contributed by atoms with Crippen LogP contribution in [-0.2, 0) is 11.3 Å². The molecule has 23 heavy (non-hydrogen) atoms. The first-order chi connectivity index (χ1) is 11.0. The predicted molar refractivity (Wildman–Crippen MR) is 80.2 cm³/mol. The number of amides is 1. The molecule has 8 heteroatoms. The average molecular weight is 319 g/mol. The van der Waals surface area contributed by atoms with E-state index < -0.39 is 0 Å². The summed E-state index contributed by atoms with van der Waals surface area (Å²) in [5.41, 5.74) is 0.836. The van der Waals surface area contributed by atoms with Gasteiger partial charge >= 0.3 is 5.69 Å². The molecular weight excluding hydrogens is 301 g/mol. The van der Waals surface area contributed by atoms with E-state index >= 15 is 0 Å². The Balaban J connectivity index is 1.64. The number of aryl methyl sites for hydroxylation is 1. The van der Waals surface area contributed by atoms with Gasteiger partial charge in [0.05, 0.1) is 12.1 Å². The fourth-order valence-electron chi connectivity index (χ4n) is 2.32. The molecule has 1 atom stereocenters. The van der Waals surface area contributed by atoms with Gasteiger partial charge in [-0.15, -0.1) is 0 Å². The fraction of sp³-hybridized carbons (Fsp3) is 0.467. The minimum Gasteiger partial charge on any atom is -0.348 e. The summed E-state index contributed by atoms with van der Waals surface area (Å²) in [5, 5.41) is 10.2. The van der Waals surface area contributed by atoms with E-state index in [1.165, 1.54) is 10.7 Å². The van der Waals surface area contributed by atoms with Gasteiger partial charge in [-0.25, -0.2) is 9.18 Å². The highest BCUT2D eigenvalue weighted by Gasteiger charge is 2.28. The maximum absolute atomic E-state index is 13.6. The first-order valence-corrected chi connectivity index (χ1v) is 7.53. The summed E-state index contributed by atoms with van der Waals surface area (Å²) in [5.74, 6) is -0.685. The van der Waals surface area contributed by atoms with Crippen molar-refractivity contribution in [1.29, 1.82) is 0 Å². The summed E-state index contributed by atoms with van der Waals surface area (Å²) in [4.78, 5) is 24.0. The lowest BCUT2D eigenvalue weighted by atomic mass is 10.1. The van der Waals surface area contributed by atoms with E-state index in [1.54, 1.807) is 26.0 Å². The lowest BCUT2D eigenvalue weighted by Crippen LogP contribution is -2.35. The van der Waals surface area contributed by atoms with Crippen LogP contribution in [0.3, 0.4) is 0 Å². The summed E-state index contributed by atoms with van der Waals surface area (Å²) in [7, 11) is 0. The molecule has 1 saturated carbocycles. The number of benzene rings is 1. The molecule has 1 heterocycles. The van der Waals surface area contributed by atoms with Crippen LogP contribution in [-0.4, -0.2) is 25.7 Å². The van der Waals surface area contributed by atoms with Gasteiger partial charge in [0.25, 0.3) is 0 Å². The number of nitrogens with one attached hydrogen (secondary N) is 1. The van der Waals surface area contributed by atoms with Crippen LogP contribution in [0.2, 0.25) is 0 Å². The number of hydrogen-bond donors (Lipinski definition) is 1. The van der Waals surface area contributed by atoms with Crippen molar-refractivity contribution in [2.75, 3.05) is 0 Å². The monoisotopic (exact) mass is 319 g/mol. The molecule has 1 fully saturated rings. The topological polar surface area (TPSA) is 81.8 Å². The summed E-state index contributed by atoms with van der Waals surface area (Å²) in [6.07, 6.45) is 1.83. The van der Waals surface area contributed by atoms with E-state index in [0.717, 1.165) is 17.5 Å². The van der Waals surface area contributed by atoms with Gasteiger partial charge in [0.1, 0.15) is 12.4 Å². The molecule has 0 aliphatic heterocycles. The van der Waals surface area contributed by atoms with Gasteiger partial charge in [0.2, 0.25) is 5.91 Å². The lowest BCUT2D eigenvalue weighted by Gasteiger charge is -2.14. The molecule has 2 aromatic rings. The number of tetrazole rings is 1. The molecule has 3 rings (SSSR count). The second-order valence-corrected chi connectivity index (χ2v) is 5.89. The van der Waals surface area contributed by atoms with Crippen molar-refractivity contribution < 1.29 is 9.18 Å². The van der Waals surface area contributed by atoms with Crippen molar-refractivity contribution in [3.05, 3.63) is 45.6 Å². The molecule has 7 nitrogen and oxygen atoms in total. The molecular formula is C15H18FN5O2. The summed E-state index contributed by atoms with van der Waals surface area (Å²) in [6.45, 7) is 3.23. The van der Waals surface area contributed by atoms with Gasteiger partial charge in [-0.2, -0.15) is 9.36 Å². The second kappa shape index (κ2) is 5.94. The zero-order valence-corrected chi connectivity index (χ0v) is 13.0. The number of carbonyl (C=O) groups is 1. The zero-order chi connectivity index (χ0) is 16.6.